The number of nitrogens with two attached hydrogens (primary N) is 1. The van der Waals surface area contributed by atoms with Crippen molar-refractivity contribution in [1.29, 1.82) is 0 Å². The van der Waals surface area contributed by atoms with Gasteiger partial charge in [0.05, 0.1) is 12.7 Å². The summed E-state index contributed by atoms with van der Waals surface area (Å²) in [6.45, 7) is 3.43. The molecule has 4 heteroatoms. The summed E-state index contributed by atoms with van der Waals surface area (Å²) in [4.78, 5) is 12.6. The van der Waals surface area contributed by atoms with E-state index in [4.69, 9.17) is 10.5 Å². The number of anilines is 1. The molecule has 0 saturated heterocycles. The van der Waals surface area contributed by atoms with Crippen molar-refractivity contribution in [3.8, 4) is 5.75 Å². The van der Waals surface area contributed by atoms with Crippen LogP contribution in [0.4, 0.5) is 10.1 Å². The van der Waals surface area contributed by atoms with E-state index in [-0.39, 0.29) is 11.6 Å². The SMILES string of the molecule is COc1cc(N)ccc1C(=O)c1c(C)cc(F)cc1C. The number of ketones is 1. The number of carbonyl (C=O) groups is 1. The van der Waals surface area contributed by atoms with Gasteiger partial charge in [-0.05, 0) is 49.2 Å². The highest BCUT2D eigenvalue weighted by Crippen LogP contribution is 2.27. The number of aryl methyl sites for hydroxylation is 2. The van der Waals surface area contributed by atoms with E-state index in [0.717, 1.165) is 0 Å². The van der Waals surface area contributed by atoms with Crippen molar-refractivity contribution < 1.29 is 13.9 Å². The van der Waals surface area contributed by atoms with Gasteiger partial charge >= 0.3 is 0 Å². The summed E-state index contributed by atoms with van der Waals surface area (Å²) >= 11 is 0. The summed E-state index contributed by atoms with van der Waals surface area (Å²) < 4.78 is 18.5. The molecule has 0 aromatic heterocycles. The molecular formula is C16H16FNO2. The van der Waals surface area contributed by atoms with Crippen molar-refractivity contribution in [1.82, 2.24) is 0 Å². The molecule has 0 spiro atoms. The number of hydrogen-bond acceptors (Lipinski definition) is 3. The maximum Gasteiger partial charge on any atom is 0.197 e. The van der Waals surface area contributed by atoms with Gasteiger partial charge in [-0.2, -0.15) is 0 Å². The molecule has 0 atom stereocenters. The molecule has 2 aromatic carbocycles. The molecule has 0 aliphatic carbocycles. The van der Waals surface area contributed by atoms with Gasteiger partial charge in [-0.1, -0.05) is 0 Å². The Labute approximate surface area is 117 Å². The van der Waals surface area contributed by atoms with Gasteiger partial charge in [0.1, 0.15) is 11.6 Å². The van der Waals surface area contributed by atoms with E-state index in [1.165, 1.54) is 19.2 Å². The van der Waals surface area contributed by atoms with E-state index in [1.807, 2.05) is 0 Å². The van der Waals surface area contributed by atoms with Crippen LogP contribution in [0.2, 0.25) is 0 Å². The molecule has 0 aliphatic heterocycles. The van der Waals surface area contributed by atoms with E-state index in [2.05, 4.69) is 0 Å². The van der Waals surface area contributed by atoms with Crippen LogP contribution in [0.15, 0.2) is 30.3 Å². The summed E-state index contributed by atoms with van der Waals surface area (Å²) in [5, 5.41) is 0. The Balaban J connectivity index is 2.58. The number of halogens is 1. The zero-order valence-corrected chi connectivity index (χ0v) is 11.7. The molecule has 0 radical (unpaired) electrons. The van der Waals surface area contributed by atoms with E-state index in [0.29, 0.717) is 33.7 Å². The third-order valence-corrected chi connectivity index (χ3v) is 3.19. The van der Waals surface area contributed by atoms with Crippen LogP contribution in [-0.2, 0) is 0 Å². The highest BCUT2D eigenvalue weighted by Gasteiger charge is 2.19. The van der Waals surface area contributed by atoms with Gasteiger partial charge in [0.25, 0.3) is 0 Å². The second-order valence-corrected chi connectivity index (χ2v) is 4.70. The first-order chi connectivity index (χ1) is 9.43. The topological polar surface area (TPSA) is 52.3 Å². The zero-order chi connectivity index (χ0) is 14.9. The molecule has 0 amide bonds. The van der Waals surface area contributed by atoms with E-state index >= 15 is 0 Å². The molecule has 2 rings (SSSR count). The second kappa shape index (κ2) is 5.33. The second-order valence-electron chi connectivity index (χ2n) is 4.70. The van der Waals surface area contributed by atoms with Crippen molar-refractivity contribution in [2.24, 2.45) is 0 Å². The Morgan fingerprint density at radius 1 is 1.15 bits per heavy atom. The average molecular weight is 273 g/mol. The van der Waals surface area contributed by atoms with Crippen LogP contribution >= 0.6 is 0 Å². The van der Waals surface area contributed by atoms with Crippen molar-refractivity contribution in [3.05, 3.63) is 58.4 Å². The fourth-order valence-corrected chi connectivity index (χ4v) is 2.30. The minimum absolute atomic E-state index is 0.197. The maximum atomic E-state index is 13.3. The fourth-order valence-electron chi connectivity index (χ4n) is 2.30. The fraction of sp³-hybridized carbons (Fsp3) is 0.188. The van der Waals surface area contributed by atoms with Crippen LogP contribution in [-0.4, -0.2) is 12.9 Å². The summed E-state index contributed by atoms with van der Waals surface area (Å²) in [7, 11) is 1.48. The Kier molecular flexibility index (Phi) is 3.74. The van der Waals surface area contributed by atoms with E-state index < -0.39 is 0 Å². The van der Waals surface area contributed by atoms with Gasteiger partial charge < -0.3 is 10.5 Å². The standard InChI is InChI=1S/C16H16FNO2/c1-9-6-11(17)7-10(2)15(9)16(19)13-5-4-12(18)8-14(13)20-3/h4-8H,18H2,1-3H3. The van der Waals surface area contributed by atoms with Crippen molar-refractivity contribution in [3.63, 3.8) is 0 Å². The molecular weight excluding hydrogens is 257 g/mol. The summed E-state index contributed by atoms with van der Waals surface area (Å²) in [5.74, 6) is -0.129. The number of benzene rings is 2. The summed E-state index contributed by atoms with van der Waals surface area (Å²) in [5.41, 5.74) is 8.32. The van der Waals surface area contributed by atoms with Crippen LogP contribution in [0.25, 0.3) is 0 Å². The first-order valence-corrected chi connectivity index (χ1v) is 6.19. The molecule has 2 N–H and O–H groups in total. The minimum atomic E-state index is -0.346. The third-order valence-electron chi connectivity index (χ3n) is 3.19. The van der Waals surface area contributed by atoms with E-state index in [9.17, 15) is 9.18 Å². The Bertz CT molecular complexity index is 657. The molecule has 0 unspecified atom stereocenters. The lowest BCUT2D eigenvalue weighted by molar-refractivity contribution is 0.103. The predicted molar refractivity (Wildman–Crippen MR) is 76.7 cm³/mol. The van der Waals surface area contributed by atoms with Gasteiger partial charge in [-0.15, -0.1) is 0 Å². The van der Waals surface area contributed by atoms with Gasteiger partial charge in [-0.3, -0.25) is 4.79 Å². The van der Waals surface area contributed by atoms with E-state index in [1.54, 1.807) is 32.0 Å². The predicted octanol–water partition coefficient (Wildman–Crippen LogP) is 3.26. The Morgan fingerprint density at radius 3 is 2.30 bits per heavy atom. The van der Waals surface area contributed by atoms with Crippen LogP contribution < -0.4 is 10.5 Å². The quantitative estimate of drug-likeness (QED) is 0.689. The number of rotatable bonds is 3. The molecule has 0 saturated carbocycles. The van der Waals surface area contributed by atoms with Gasteiger partial charge in [-0.25, -0.2) is 4.39 Å². The normalized spacial score (nSPS) is 10.4. The van der Waals surface area contributed by atoms with Crippen LogP contribution in [0, 0.1) is 19.7 Å². The summed E-state index contributed by atoms with van der Waals surface area (Å²) in [6, 6.07) is 7.57. The molecule has 0 aliphatic rings. The maximum absolute atomic E-state index is 13.3. The van der Waals surface area contributed by atoms with Crippen molar-refractivity contribution in [2.45, 2.75) is 13.8 Å². The van der Waals surface area contributed by atoms with Gasteiger partial charge in [0.15, 0.2) is 5.78 Å². The zero-order valence-electron chi connectivity index (χ0n) is 11.7. The molecule has 0 fully saturated rings. The molecule has 20 heavy (non-hydrogen) atoms. The van der Waals surface area contributed by atoms with Crippen LogP contribution in [0.3, 0.4) is 0 Å². The lowest BCUT2D eigenvalue weighted by atomic mass is 9.94. The molecule has 2 aromatic rings. The van der Waals surface area contributed by atoms with Gasteiger partial charge in [0.2, 0.25) is 0 Å². The molecule has 0 bridgehead atoms. The van der Waals surface area contributed by atoms with Crippen LogP contribution in [0.1, 0.15) is 27.0 Å². The van der Waals surface area contributed by atoms with Crippen molar-refractivity contribution >= 4 is 11.5 Å². The monoisotopic (exact) mass is 273 g/mol. The van der Waals surface area contributed by atoms with Gasteiger partial charge in [0, 0.05) is 17.3 Å². The first-order valence-electron chi connectivity index (χ1n) is 6.19. The largest absolute Gasteiger partial charge is 0.496 e. The summed E-state index contributed by atoms with van der Waals surface area (Å²) in [6.07, 6.45) is 0. The molecule has 0 heterocycles. The Hall–Kier alpha value is -2.36. The number of nitrogen functional groups attached to an aromatic ring is 1. The third kappa shape index (κ3) is 2.50. The lowest BCUT2D eigenvalue weighted by Crippen LogP contribution is -2.09. The minimum Gasteiger partial charge on any atom is -0.496 e. The molecule has 3 nitrogen and oxygen atoms in total. The first kappa shape index (κ1) is 14.1. The lowest BCUT2D eigenvalue weighted by Gasteiger charge is -2.12. The average Bonchev–Trinajstić information content (AvgIpc) is 2.37. The number of hydrogen-bond donors (Lipinski definition) is 1. The highest BCUT2D eigenvalue weighted by atomic mass is 19.1. The smallest absolute Gasteiger partial charge is 0.197 e. The highest BCUT2D eigenvalue weighted by molar-refractivity contribution is 6.12. The molecule has 104 valence electrons. The Morgan fingerprint density at radius 2 is 1.75 bits per heavy atom. The van der Waals surface area contributed by atoms with Crippen LogP contribution in [0.5, 0.6) is 5.75 Å². The van der Waals surface area contributed by atoms with Crippen molar-refractivity contribution in [2.75, 3.05) is 12.8 Å². The number of ether oxygens (including phenoxy) is 1. The number of carbonyl (C=O) groups excluding carboxylic acids is 1. The number of methoxy groups -OCH3 is 1.